The number of benzene rings is 2. The monoisotopic (exact) mass is 258 g/mol. The first kappa shape index (κ1) is 13.0. The molecule has 0 saturated carbocycles. The van der Waals surface area contributed by atoms with Crippen LogP contribution in [0.2, 0.25) is 0 Å². The lowest BCUT2D eigenvalue weighted by molar-refractivity contribution is 0.680. The van der Waals surface area contributed by atoms with Gasteiger partial charge in [-0.25, -0.2) is 0 Å². The van der Waals surface area contributed by atoms with Crippen LogP contribution in [0, 0.1) is 0 Å². The van der Waals surface area contributed by atoms with E-state index >= 15 is 0 Å². The fraction of sp³-hybridized carbons (Fsp3) is 0.250. The normalized spacial score (nSPS) is 12.2. The molecule has 2 rings (SSSR count). The Morgan fingerprint density at radius 3 is 1.94 bits per heavy atom. The molecular weight excluding hydrogens is 240 g/mol. The first-order valence-corrected chi connectivity index (χ1v) is 7.76. The van der Waals surface area contributed by atoms with Crippen LogP contribution in [-0.4, -0.2) is 9.96 Å². The molecule has 0 bridgehead atoms. The van der Waals surface area contributed by atoms with Crippen LogP contribution in [0.25, 0.3) is 0 Å². The van der Waals surface area contributed by atoms with Crippen LogP contribution < -0.4 is 0 Å². The molecule has 0 fully saturated rings. The van der Waals surface area contributed by atoms with Crippen molar-refractivity contribution < 1.29 is 4.21 Å². The molecule has 1 atom stereocenters. The maximum atomic E-state index is 11.9. The topological polar surface area (TPSA) is 17.1 Å². The number of hydrogen-bond acceptors (Lipinski definition) is 1. The predicted molar refractivity (Wildman–Crippen MR) is 77.9 cm³/mol. The average Bonchev–Trinajstić information content (AvgIpc) is 2.41. The molecule has 2 heteroatoms. The maximum absolute atomic E-state index is 11.9. The third-order valence-electron chi connectivity index (χ3n) is 2.85. The summed E-state index contributed by atoms with van der Waals surface area (Å²) in [6.45, 7) is 0. The Kier molecular flexibility index (Phi) is 5.15. The Hall–Kier alpha value is -1.41. The highest BCUT2D eigenvalue weighted by atomic mass is 32.2. The van der Waals surface area contributed by atoms with Crippen LogP contribution >= 0.6 is 0 Å². The van der Waals surface area contributed by atoms with E-state index < -0.39 is 10.8 Å². The van der Waals surface area contributed by atoms with Crippen molar-refractivity contribution in [3.05, 3.63) is 71.8 Å². The number of aryl methyl sites for hydroxylation is 1. The van der Waals surface area contributed by atoms with Gasteiger partial charge in [0.05, 0.1) is 0 Å². The number of hydrogen-bond donors (Lipinski definition) is 0. The molecule has 94 valence electrons. The molecule has 0 saturated heterocycles. The first-order chi connectivity index (χ1) is 8.84. The smallest absolute Gasteiger partial charge is 0.0485 e. The second-order valence-corrected chi connectivity index (χ2v) is 5.94. The van der Waals surface area contributed by atoms with Gasteiger partial charge in [0.1, 0.15) is 0 Å². The Bertz CT molecular complexity index is 479. The average molecular weight is 258 g/mol. The predicted octanol–water partition coefficient (Wildman–Crippen LogP) is 3.57. The summed E-state index contributed by atoms with van der Waals surface area (Å²) in [7, 11) is -0.745. The van der Waals surface area contributed by atoms with Crippen LogP contribution in [0.1, 0.15) is 17.5 Å². The molecule has 0 heterocycles. The van der Waals surface area contributed by atoms with E-state index in [1.807, 2.05) is 36.4 Å². The molecule has 0 aromatic heterocycles. The SMILES string of the molecule is O=S(CCCc1ccccc1)Cc1ccccc1. The molecule has 0 N–H and O–H groups in total. The first-order valence-electron chi connectivity index (χ1n) is 6.27. The van der Waals surface area contributed by atoms with E-state index in [0.717, 1.165) is 24.2 Å². The largest absolute Gasteiger partial charge is 0.259 e. The van der Waals surface area contributed by atoms with Gasteiger partial charge in [-0.05, 0) is 24.0 Å². The van der Waals surface area contributed by atoms with Crippen molar-refractivity contribution >= 4 is 10.8 Å². The van der Waals surface area contributed by atoms with Crippen LogP contribution in [0.5, 0.6) is 0 Å². The molecule has 0 spiro atoms. The Balaban J connectivity index is 1.73. The van der Waals surface area contributed by atoms with Crippen molar-refractivity contribution in [1.82, 2.24) is 0 Å². The summed E-state index contributed by atoms with van der Waals surface area (Å²) < 4.78 is 11.9. The molecule has 0 radical (unpaired) electrons. The summed E-state index contributed by atoms with van der Waals surface area (Å²) in [4.78, 5) is 0. The lowest BCUT2D eigenvalue weighted by Gasteiger charge is -2.03. The Labute approximate surface area is 111 Å². The van der Waals surface area contributed by atoms with Crippen LogP contribution in [0.4, 0.5) is 0 Å². The zero-order valence-electron chi connectivity index (χ0n) is 10.4. The molecule has 0 aliphatic rings. The minimum absolute atomic E-state index is 0.676. The van der Waals surface area contributed by atoms with E-state index in [1.165, 1.54) is 5.56 Å². The fourth-order valence-electron chi connectivity index (χ4n) is 1.91. The molecule has 0 aliphatic heterocycles. The highest BCUT2D eigenvalue weighted by Crippen LogP contribution is 2.06. The van der Waals surface area contributed by atoms with Crippen molar-refractivity contribution in [1.29, 1.82) is 0 Å². The van der Waals surface area contributed by atoms with E-state index in [4.69, 9.17) is 0 Å². The van der Waals surface area contributed by atoms with Gasteiger partial charge in [0, 0.05) is 22.3 Å². The standard InChI is InChI=1S/C16H18OS/c17-18(14-16-10-5-2-6-11-16)13-7-12-15-8-3-1-4-9-15/h1-6,8-11H,7,12-14H2. The summed E-state index contributed by atoms with van der Waals surface area (Å²) in [5.41, 5.74) is 2.49. The summed E-state index contributed by atoms with van der Waals surface area (Å²) >= 11 is 0. The molecule has 2 aromatic rings. The van der Waals surface area contributed by atoms with Gasteiger partial charge in [-0.2, -0.15) is 0 Å². The van der Waals surface area contributed by atoms with Crippen LogP contribution in [0.3, 0.4) is 0 Å². The molecule has 0 amide bonds. The molecule has 1 nitrogen and oxygen atoms in total. The van der Waals surface area contributed by atoms with Gasteiger partial charge >= 0.3 is 0 Å². The van der Waals surface area contributed by atoms with E-state index in [-0.39, 0.29) is 0 Å². The lowest BCUT2D eigenvalue weighted by atomic mass is 10.1. The van der Waals surface area contributed by atoms with Gasteiger partial charge < -0.3 is 0 Å². The lowest BCUT2D eigenvalue weighted by Crippen LogP contribution is -2.02. The van der Waals surface area contributed by atoms with E-state index in [0.29, 0.717) is 5.75 Å². The highest BCUT2D eigenvalue weighted by molar-refractivity contribution is 7.84. The van der Waals surface area contributed by atoms with Gasteiger partial charge in [0.25, 0.3) is 0 Å². The van der Waals surface area contributed by atoms with Gasteiger partial charge in [-0.3, -0.25) is 4.21 Å². The minimum Gasteiger partial charge on any atom is -0.259 e. The van der Waals surface area contributed by atoms with Crippen molar-refractivity contribution in [2.75, 3.05) is 5.75 Å². The zero-order valence-corrected chi connectivity index (χ0v) is 11.2. The fourth-order valence-corrected chi connectivity index (χ4v) is 3.09. The zero-order chi connectivity index (χ0) is 12.6. The summed E-state index contributed by atoms with van der Waals surface area (Å²) in [6, 6.07) is 20.4. The van der Waals surface area contributed by atoms with Gasteiger partial charge in [-0.15, -0.1) is 0 Å². The summed E-state index contributed by atoms with van der Waals surface area (Å²) in [5, 5.41) is 0. The van der Waals surface area contributed by atoms with Gasteiger partial charge in [0.2, 0.25) is 0 Å². The molecular formula is C16H18OS. The molecule has 0 aliphatic carbocycles. The van der Waals surface area contributed by atoms with Crippen LogP contribution in [0.15, 0.2) is 60.7 Å². The molecule has 1 unspecified atom stereocenters. The second-order valence-electron chi connectivity index (χ2n) is 4.36. The number of rotatable bonds is 6. The van der Waals surface area contributed by atoms with E-state index in [9.17, 15) is 4.21 Å². The molecule has 2 aromatic carbocycles. The third kappa shape index (κ3) is 4.46. The quantitative estimate of drug-likeness (QED) is 0.774. The molecule has 18 heavy (non-hydrogen) atoms. The van der Waals surface area contributed by atoms with E-state index in [1.54, 1.807) is 0 Å². The maximum Gasteiger partial charge on any atom is 0.0485 e. The van der Waals surface area contributed by atoms with Crippen molar-refractivity contribution in [2.45, 2.75) is 18.6 Å². The van der Waals surface area contributed by atoms with Crippen molar-refractivity contribution in [3.63, 3.8) is 0 Å². The van der Waals surface area contributed by atoms with Crippen LogP contribution in [-0.2, 0) is 23.0 Å². The Morgan fingerprint density at radius 1 is 0.778 bits per heavy atom. The Morgan fingerprint density at radius 2 is 1.33 bits per heavy atom. The summed E-state index contributed by atoms with van der Waals surface area (Å²) in [5.74, 6) is 1.46. The third-order valence-corrected chi connectivity index (χ3v) is 4.25. The highest BCUT2D eigenvalue weighted by Gasteiger charge is 2.01. The van der Waals surface area contributed by atoms with E-state index in [2.05, 4.69) is 24.3 Å². The van der Waals surface area contributed by atoms with Crippen molar-refractivity contribution in [2.24, 2.45) is 0 Å². The second kappa shape index (κ2) is 7.12. The van der Waals surface area contributed by atoms with Crippen molar-refractivity contribution in [3.8, 4) is 0 Å². The van der Waals surface area contributed by atoms with Gasteiger partial charge in [-0.1, -0.05) is 60.7 Å². The van der Waals surface area contributed by atoms with Gasteiger partial charge in [0.15, 0.2) is 0 Å². The minimum atomic E-state index is -0.745. The summed E-state index contributed by atoms with van der Waals surface area (Å²) in [6.07, 6.45) is 2.00.